The monoisotopic (exact) mass is 303 g/mol. The van der Waals surface area contributed by atoms with Gasteiger partial charge in [-0.25, -0.2) is 9.59 Å². The molecular formula is C12H21N3O6. The van der Waals surface area contributed by atoms with Crippen LogP contribution in [-0.2, 0) is 23.9 Å². The summed E-state index contributed by atoms with van der Waals surface area (Å²) in [4.78, 5) is 45.2. The molecular weight excluding hydrogens is 282 g/mol. The van der Waals surface area contributed by atoms with E-state index in [1.807, 2.05) is 10.9 Å². The van der Waals surface area contributed by atoms with E-state index >= 15 is 0 Å². The van der Waals surface area contributed by atoms with Gasteiger partial charge >= 0.3 is 18.0 Å². The Hall–Kier alpha value is -2.32. The van der Waals surface area contributed by atoms with Crippen molar-refractivity contribution in [2.45, 2.75) is 46.3 Å². The first kappa shape index (κ1) is 18.7. The van der Waals surface area contributed by atoms with Gasteiger partial charge in [-0.2, -0.15) is 0 Å². The molecule has 0 saturated heterocycles. The number of carbonyl (C=O) groups is 4. The fourth-order valence-electron chi connectivity index (χ4n) is 1.02. The van der Waals surface area contributed by atoms with Crippen molar-refractivity contribution in [2.75, 3.05) is 6.61 Å². The molecule has 0 aromatic rings. The molecule has 120 valence electrons. The van der Waals surface area contributed by atoms with Crippen LogP contribution in [-0.4, -0.2) is 42.1 Å². The number of esters is 1. The van der Waals surface area contributed by atoms with Gasteiger partial charge in [0.2, 0.25) is 0 Å². The predicted molar refractivity (Wildman–Crippen MR) is 71.8 cm³/mol. The zero-order valence-electron chi connectivity index (χ0n) is 12.7. The first-order valence-corrected chi connectivity index (χ1v) is 6.33. The van der Waals surface area contributed by atoms with Crippen molar-refractivity contribution in [2.24, 2.45) is 0 Å². The zero-order valence-corrected chi connectivity index (χ0v) is 12.7. The van der Waals surface area contributed by atoms with E-state index in [4.69, 9.17) is 4.74 Å². The third-order valence-electron chi connectivity index (χ3n) is 1.89. The Labute approximate surface area is 122 Å². The molecule has 0 unspecified atom stereocenters. The van der Waals surface area contributed by atoms with Crippen molar-refractivity contribution < 1.29 is 28.7 Å². The highest BCUT2D eigenvalue weighted by molar-refractivity contribution is 6.32. The number of carbonyl (C=O) groups excluding carboxylic acids is 4. The minimum atomic E-state index is -1.12. The normalized spacial score (nSPS) is 11.9. The van der Waals surface area contributed by atoms with E-state index in [-0.39, 0.29) is 6.61 Å². The minimum Gasteiger partial charge on any atom is -0.459 e. The van der Waals surface area contributed by atoms with Gasteiger partial charge in [-0.3, -0.25) is 20.4 Å². The highest BCUT2D eigenvalue weighted by Crippen LogP contribution is 2.06. The molecule has 0 aliphatic rings. The van der Waals surface area contributed by atoms with Crippen LogP contribution in [0.4, 0.5) is 4.79 Å². The Morgan fingerprint density at radius 2 is 1.67 bits per heavy atom. The minimum absolute atomic E-state index is 0.0385. The van der Waals surface area contributed by atoms with Crippen molar-refractivity contribution >= 4 is 23.9 Å². The molecule has 1 atom stereocenters. The van der Waals surface area contributed by atoms with E-state index in [9.17, 15) is 19.2 Å². The first-order valence-electron chi connectivity index (χ1n) is 6.33. The summed E-state index contributed by atoms with van der Waals surface area (Å²) >= 11 is 0. The Bertz CT molecular complexity index is 416. The lowest BCUT2D eigenvalue weighted by molar-refractivity contribution is -0.155. The molecule has 0 aromatic carbocycles. The second-order valence-corrected chi connectivity index (χ2v) is 5.03. The molecule has 0 aliphatic heterocycles. The molecule has 21 heavy (non-hydrogen) atoms. The summed E-state index contributed by atoms with van der Waals surface area (Å²) in [7, 11) is 0. The summed E-state index contributed by atoms with van der Waals surface area (Å²) < 4.78 is 9.39. The van der Waals surface area contributed by atoms with E-state index in [1.165, 1.54) is 13.8 Å². The number of rotatable bonds is 3. The maximum Gasteiger partial charge on any atom is 0.408 e. The van der Waals surface area contributed by atoms with Crippen LogP contribution >= 0.6 is 0 Å². The standard InChI is InChI=1S/C12H21N3O6/c1-6-20-10(18)9(17)15-14-8(16)7(2)13-11(19)21-12(3,4)5/h7H,6H2,1-5H3,(H,13,19)(H,14,16)(H,15,17)/t7-/m0/s1. The molecule has 9 nitrogen and oxygen atoms in total. The third-order valence-corrected chi connectivity index (χ3v) is 1.89. The lowest BCUT2D eigenvalue weighted by Crippen LogP contribution is -2.53. The fourth-order valence-corrected chi connectivity index (χ4v) is 1.02. The Kier molecular flexibility index (Phi) is 7.18. The van der Waals surface area contributed by atoms with Gasteiger partial charge in [-0.15, -0.1) is 0 Å². The van der Waals surface area contributed by atoms with Crippen molar-refractivity contribution in [3.63, 3.8) is 0 Å². The first-order chi connectivity index (χ1) is 9.56. The molecule has 0 rings (SSSR count). The van der Waals surface area contributed by atoms with Gasteiger partial charge < -0.3 is 14.8 Å². The number of nitrogens with one attached hydrogen (secondary N) is 3. The fraction of sp³-hybridized carbons (Fsp3) is 0.667. The summed E-state index contributed by atoms with van der Waals surface area (Å²) in [5.74, 6) is -2.96. The number of hydrazine groups is 1. The van der Waals surface area contributed by atoms with E-state index < -0.39 is 35.5 Å². The van der Waals surface area contributed by atoms with Crippen LogP contribution in [0.3, 0.4) is 0 Å². The molecule has 0 radical (unpaired) electrons. The predicted octanol–water partition coefficient (Wildman–Crippen LogP) is -0.390. The second-order valence-electron chi connectivity index (χ2n) is 5.03. The molecule has 9 heteroatoms. The van der Waals surface area contributed by atoms with Crippen LogP contribution < -0.4 is 16.2 Å². The average Bonchev–Trinajstić information content (AvgIpc) is 2.33. The largest absolute Gasteiger partial charge is 0.459 e. The number of ether oxygens (including phenoxy) is 2. The quantitative estimate of drug-likeness (QED) is 0.371. The molecule has 3 amide bonds. The topological polar surface area (TPSA) is 123 Å². The van der Waals surface area contributed by atoms with Crippen molar-refractivity contribution in [1.82, 2.24) is 16.2 Å². The van der Waals surface area contributed by atoms with Crippen LogP contribution in [0.5, 0.6) is 0 Å². The number of hydrogen-bond acceptors (Lipinski definition) is 6. The smallest absolute Gasteiger partial charge is 0.408 e. The molecule has 0 aliphatic carbocycles. The van der Waals surface area contributed by atoms with Crippen LogP contribution in [0.25, 0.3) is 0 Å². The summed E-state index contributed by atoms with van der Waals surface area (Å²) in [6.45, 7) is 7.99. The molecule has 0 bridgehead atoms. The van der Waals surface area contributed by atoms with Gasteiger partial charge in [0, 0.05) is 0 Å². The Balaban J connectivity index is 4.20. The Morgan fingerprint density at radius 1 is 1.10 bits per heavy atom. The molecule has 3 N–H and O–H groups in total. The van der Waals surface area contributed by atoms with E-state index in [2.05, 4.69) is 10.1 Å². The number of alkyl carbamates (subject to hydrolysis) is 1. The molecule has 0 spiro atoms. The summed E-state index contributed by atoms with van der Waals surface area (Å²) in [5.41, 5.74) is 3.15. The van der Waals surface area contributed by atoms with Crippen molar-refractivity contribution in [3.8, 4) is 0 Å². The van der Waals surface area contributed by atoms with E-state index in [0.717, 1.165) is 0 Å². The van der Waals surface area contributed by atoms with Gasteiger partial charge in [-0.05, 0) is 34.6 Å². The molecule has 0 saturated carbocycles. The number of amides is 3. The van der Waals surface area contributed by atoms with Gasteiger partial charge in [0.15, 0.2) is 0 Å². The van der Waals surface area contributed by atoms with Crippen LogP contribution in [0.15, 0.2) is 0 Å². The average molecular weight is 303 g/mol. The highest BCUT2D eigenvalue weighted by Gasteiger charge is 2.22. The van der Waals surface area contributed by atoms with Gasteiger partial charge in [0.1, 0.15) is 11.6 Å². The molecule has 0 heterocycles. The van der Waals surface area contributed by atoms with E-state index in [0.29, 0.717) is 0 Å². The van der Waals surface area contributed by atoms with Gasteiger partial charge in [-0.1, -0.05) is 0 Å². The van der Waals surface area contributed by atoms with Crippen LogP contribution in [0.2, 0.25) is 0 Å². The highest BCUT2D eigenvalue weighted by atomic mass is 16.6. The van der Waals surface area contributed by atoms with Gasteiger partial charge in [0.05, 0.1) is 6.61 Å². The second kappa shape index (κ2) is 8.08. The maximum atomic E-state index is 11.6. The lowest BCUT2D eigenvalue weighted by Gasteiger charge is -2.21. The van der Waals surface area contributed by atoms with Gasteiger partial charge in [0.25, 0.3) is 5.91 Å². The van der Waals surface area contributed by atoms with Crippen molar-refractivity contribution in [3.05, 3.63) is 0 Å². The SMILES string of the molecule is CCOC(=O)C(=O)NNC(=O)[C@H](C)NC(=O)OC(C)(C)C. The summed E-state index contributed by atoms with van der Waals surface area (Å²) in [6.07, 6.45) is -0.776. The summed E-state index contributed by atoms with van der Waals surface area (Å²) in [6, 6.07) is -0.970. The van der Waals surface area contributed by atoms with E-state index in [1.54, 1.807) is 20.8 Å². The molecule has 0 fully saturated rings. The lowest BCUT2D eigenvalue weighted by atomic mass is 10.2. The van der Waals surface area contributed by atoms with Crippen LogP contribution in [0.1, 0.15) is 34.6 Å². The maximum absolute atomic E-state index is 11.6. The number of hydrogen-bond donors (Lipinski definition) is 3. The van der Waals surface area contributed by atoms with Crippen LogP contribution in [0, 0.1) is 0 Å². The third kappa shape index (κ3) is 8.45. The zero-order chi connectivity index (χ0) is 16.6. The van der Waals surface area contributed by atoms with Crippen molar-refractivity contribution in [1.29, 1.82) is 0 Å². The molecule has 0 aromatic heterocycles. The summed E-state index contributed by atoms with van der Waals surface area (Å²) in [5, 5.41) is 2.27. The Morgan fingerprint density at radius 3 is 2.14 bits per heavy atom.